The fourth-order valence-corrected chi connectivity index (χ4v) is 0.949. The Balaban J connectivity index is 0.000000336. The Hall–Kier alpha value is -1.42. The molecule has 4 nitrogen and oxygen atoms in total. The maximum absolute atomic E-state index is 9.17. The van der Waals surface area contributed by atoms with Gasteiger partial charge in [0, 0.05) is 18.4 Å². The van der Waals surface area contributed by atoms with E-state index in [1.165, 1.54) is 12.5 Å². The summed E-state index contributed by atoms with van der Waals surface area (Å²) >= 11 is 0. The first-order valence-corrected chi connectivity index (χ1v) is 4.86. The topological polar surface area (TPSA) is 46.4 Å². The van der Waals surface area contributed by atoms with Crippen LogP contribution in [0.3, 0.4) is 0 Å². The highest BCUT2D eigenvalue weighted by atomic mass is 16.6. The second-order valence-electron chi connectivity index (χ2n) is 3.37. The van der Waals surface area contributed by atoms with Crippen LogP contribution in [0.25, 0.3) is 0 Å². The van der Waals surface area contributed by atoms with Crippen molar-refractivity contribution in [2.75, 3.05) is 20.6 Å². The van der Waals surface area contributed by atoms with Crippen LogP contribution in [0.1, 0.15) is 12.5 Å². The third-order valence-electron chi connectivity index (χ3n) is 1.60. The first-order chi connectivity index (χ1) is 7.06. The van der Waals surface area contributed by atoms with Gasteiger partial charge in [0.1, 0.15) is 0 Å². The molecular formula is C11H18N2O2. The Kier molecular flexibility index (Phi) is 7.18. The number of hydrogen-bond acceptors (Lipinski definition) is 3. The quantitative estimate of drug-likeness (QED) is 0.566. The lowest BCUT2D eigenvalue weighted by atomic mass is 10.2. The summed E-state index contributed by atoms with van der Waals surface area (Å²) < 4.78 is 0. The van der Waals surface area contributed by atoms with Gasteiger partial charge in [-0.3, -0.25) is 10.1 Å². The lowest BCUT2D eigenvalue weighted by Gasteiger charge is -2.08. The molecule has 0 N–H and O–H groups in total. The molecule has 0 saturated carbocycles. The van der Waals surface area contributed by atoms with E-state index >= 15 is 0 Å². The van der Waals surface area contributed by atoms with E-state index in [0.29, 0.717) is 0 Å². The summed E-state index contributed by atoms with van der Waals surface area (Å²) in [6.45, 7) is 2.56. The van der Waals surface area contributed by atoms with Crippen molar-refractivity contribution in [2.45, 2.75) is 13.5 Å². The van der Waals surface area contributed by atoms with Crippen molar-refractivity contribution in [3.8, 4) is 0 Å². The molecule has 0 fully saturated rings. The number of benzene rings is 1. The maximum atomic E-state index is 9.17. The highest BCUT2D eigenvalue weighted by Crippen LogP contribution is 1.99. The molecule has 0 saturated heterocycles. The second-order valence-corrected chi connectivity index (χ2v) is 3.37. The molecule has 0 bridgehead atoms. The largest absolute Gasteiger partial charge is 0.305 e. The van der Waals surface area contributed by atoms with Crippen LogP contribution in [0, 0.1) is 10.1 Å². The minimum absolute atomic E-state index is 0.0278. The molecule has 15 heavy (non-hydrogen) atoms. The molecule has 0 amide bonds. The number of nitrogens with zero attached hydrogens (tertiary/aromatic N) is 2. The molecular weight excluding hydrogens is 192 g/mol. The molecule has 0 radical (unpaired) electrons. The van der Waals surface area contributed by atoms with Crippen molar-refractivity contribution in [1.82, 2.24) is 4.90 Å². The van der Waals surface area contributed by atoms with Crippen LogP contribution in [0.4, 0.5) is 0 Å². The van der Waals surface area contributed by atoms with Crippen LogP contribution in [-0.2, 0) is 6.54 Å². The van der Waals surface area contributed by atoms with Crippen LogP contribution in [0.15, 0.2) is 30.3 Å². The highest BCUT2D eigenvalue weighted by Gasteiger charge is 1.90. The molecule has 1 aromatic carbocycles. The van der Waals surface area contributed by atoms with Gasteiger partial charge in [-0.1, -0.05) is 30.3 Å². The van der Waals surface area contributed by atoms with Gasteiger partial charge in [0.25, 0.3) is 0 Å². The standard InChI is InChI=1S/C9H13N.C2H5NO2/c1-10(2)8-9-6-4-3-5-7-9;1-2-3(4)5/h3-7H,8H2,1-2H3;2H2,1H3. The normalized spacial score (nSPS) is 9.33. The molecule has 0 heterocycles. The second kappa shape index (κ2) is 7.94. The molecule has 0 aliphatic carbocycles. The van der Waals surface area contributed by atoms with E-state index in [4.69, 9.17) is 0 Å². The van der Waals surface area contributed by atoms with Crippen LogP contribution >= 0.6 is 0 Å². The lowest BCUT2D eigenvalue weighted by molar-refractivity contribution is -0.475. The van der Waals surface area contributed by atoms with E-state index in [9.17, 15) is 10.1 Å². The Morgan fingerprint density at radius 3 is 2.07 bits per heavy atom. The van der Waals surface area contributed by atoms with Crippen LogP contribution in [0.2, 0.25) is 0 Å². The van der Waals surface area contributed by atoms with E-state index in [1.807, 2.05) is 6.07 Å². The van der Waals surface area contributed by atoms with Gasteiger partial charge < -0.3 is 4.90 Å². The smallest absolute Gasteiger partial charge is 0.201 e. The van der Waals surface area contributed by atoms with Gasteiger partial charge in [-0.05, 0) is 19.7 Å². The predicted molar refractivity (Wildman–Crippen MR) is 61.4 cm³/mol. The summed E-state index contributed by atoms with van der Waals surface area (Å²) in [4.78, 5) is 11.0. The van der Waals surface area contributed by atoms with Crippen molar-refractivity contribution >= 4 is 0 Å². The van der Waals surface area contributed by atoms with Crippen molar-refractivity contribution in [2.24, 2.45) is 0 Å². The predicted octanol–water partition coefficient (Wildman–Crippen LogP) is 2.03. The van der Waals surface area contributed by atoms with Crippen molar-refractivity contribution in [3.05, 3.63) is 46.0 Å². The number of nitro groups is 1. The SMILES string of the molecule is CC[N+](=O)[O-].CN(C)Cc1ccccc1. The zero-order chi connectivity index (χ0) is 11.7. The molecule has 0 unspecified atom stereocenters. The van der Waals surface area contributed by atoms with Crippen LogP contribution in [0.5, 0.6) is 0 Å². The molecule has 0 atom stereocenters. The van der Waals surface area contributed by atoms with Gasteiger partial charge >= 0.3 is 0 Å². The minimum Gasteiger partial charge on any atom is -0.305 e. The van der Waals surface area contributed by atoms with Gasteiger partial charge in [-0.25, -0.2) is 0 Å². The Morgan fingerprint density at radius 2 is 1.73 bits per heavy atom. The summed E-state index contributed by atoms with van der Waals surface area (Å²) in [7, 11) is 4.15. The van der Waals surface area contributed by atoms with Gasteiger partial charge in [0.2, 0.25) is 6.54 Å². The van der Waals surface area contributed by atoms with Crippen molar-refractivity contribution in [1.29, 1.82) is 0 Å². The number of rotatable bonds is 3. The summed E-state index contributed by atoms with van der Waals surface area (Å²) in [5.74, 6) is 0. The molecule has 0 spiro atoms. The minimum atomic E-state index is -0.375. The van der Waals surface area contributed by atoms with E-state index in [0.717, 1.165) is 6.54 Å². The molecule has 0 aromatic heterocycles. The van der Waals surface area contributed by atoms with E-state index in [1.54, 1.807) is 0 Å². The third-order valence-corrected chi connectivity index (χ3v) is 1.60. The monoisotopic (exact) mass is 210 g/mol. The molecule has 0 aliphatic rings. The zero-order valence-corrected chi connectivity index (χ0v) is 9.51. The zero-order valence-electron chi connectivity index (χ0n) is 9.51. The third kappa shape index (κ3) is 8.90. The van der Waals surface area contributed by atoms with Crippen molar-refractivity contribution < 1.29 is 4.92 Å². The Bertz CT molecular complexity index is 273. The first-order valence-electron chi connectivity index (χ1n) is 4.86. The summed E-state index contributed by atoms with van der Waals surface area (Å²) in [6.07, 6.45) is 0. The fourth-order valence-electron chi connectivity index (χ4n) is 0.949. The summed E-state index contributed by atoms with van der Waals surface area (Å²) in [5, 5.41) is 9.17. The summed E-state index contributed by atoms with van der Waals surface area (Å²) in [6, 6.07) is 10.5. The van der Waals surface area contributed by atoms with Crippen LogP contribution < -0.4 is 0 Å². The average Bonchev–Trinajstić information content (AvgIpc) is 2.19. The van der Waals surface area contributed by atoms with Gasteiger partial charge in [0.05, 0.1) is 0 Å². The molecule has 84 valence electrons. The molecule has 0 aliphatic heterocycles. The summed E-state index contributed by atoms with van der Waals surface area (Å²) in [5.41, 5.74) is 1.37. The van der Waals surface area contributed by atoms with E-state index < -0.39 is 0 Å². The molecule has 1 aromatic rings. The van der Waals surface area contributed by atoms with E-state index in [2.05, 4.69) is 43.3 Å². The van der Waals surface area contributed by atoms with Crippen LogP contribution in [-0.4, -0.2) is 30.5 Å². The maximum Gasteiger partial charge on any atom is 0.201 e. The van der Waals surface area contributed by atoms with Gasteiger partial charge in [0.15, 0.2) is 0 Å². The lowest BCUT2D eigenvalue weighted by Crippen LogP contribution is -2.10. The Labute approximate surface area is 90.7 Å². The highest BCUT2D eigenvalue weighted by molar-refractivity contribution is 5.14. The molecule has 4 heteroatoms. The Morgan fingerprint density at radius 1 is 1.27 bits per heavy atom. The van der Waals surface area contributed by atoms with Gasteiger partial charge in [-0.15, -0.1) is 0 Å². The van der Waals surface area contributed by atoms with Gasteiger partial charge in [-0.2, -0.15) is 0 Å². The fraction of sp³-hybridized carbons (Fsp3) is 0.455. The van der Waals surface area contributed by atoms with Crippen molar-refractivity contribution in [3.63, 3.8) is 0 Å². The average molecular weight is 210 g/mol. The number of hydrogen-bond donors (Lipinski definition) is 0. The molecule has 1 rings (SSSR count). The first kappa shape index (κ1) is 13.6. The van der Waals surface area contributed by atoms with E-state index in [-0.39, 0.29) is 11.5 Å².